The molecule has 0 fully saturated rings. The minimum absolute atomic E-state index is 0.00685. The van der Waals surface area contributed by atoms with E-state index in [2.05, 4.69) is 4.74 Å². The van der Waals surface area contributed by atoms with Crippen molar-refractivity contribution in [2.45, 2.75) is 12.9 Å². The zero-order valence-corrected chi connectivity index (χ0v) is 9.01. The molecule has 3 nitrogen and oxygen atoms in total. The zero-order chi connectivity index (χ0) is 12.3. The van der Waals surface area contributed by atoms with Crippen molar-refractivity contribution < 1.29 is 17.9 Å². The molecular weight excluding hydrogens is 221 g/mol. The number of alkyl halides is 3. The fraction of sp³-hybridized carbons (Fsp3) is 0.400. The number of hydrogen-bond acceptors (Lipinski definition) is 3. The van der Waals surface area contributed by atoms with E-state index < -0.39 is 6.36 Å². The zero-order valence-electron chi connectivity index (χ0n) is 9.01. The number of hydrogen-bond donors (Lipinski definition) is 1. The first-order valence-corrected chi connectivity index (χ1v) is 4.60. The quantitative estimate of drug-likeness (QED) is 0.870. The summed E-state index contributed by atoms with van der Waals surface area (Å²) in [4.78, 5) is 1.54. The number of nitrogens with two attached hydrogens (primary N) is 1. The molecule has 0 amide bonds. The summed E-state index contributed by atoms with van der Waals surface area (Å²) in [7, 11) is 3.28. The largest absolute Gasteiger partial charge is 0.573 e. The maximum absolute atomic E-state index is 12.2. The lowest BCUT2D eigenvalue weighted by Crippen LogP contribution is -2.21. The van der Waals surface area contributed by atoms with Crippen LogP contribution in [0.5, 0.6) is 5.75 Å². The number of halogens is 3. The average Bonchev–Trinajstić information content (AvgIpc) is 2.15. The van der Waals surface area contributed by atoms with Gasteiger partial charge in [-0.05, 0) is 6.07 Å². The third-order valence-corrected chi connectivity index (χ3v) is 2.00. The monoisotopic (exact) mass is 234 g/mol. The maximum atomic E-state index is 12.2. The Morgan fingerprint density at radius 1 is 1.31 bits per heavy atom. The van der Waals surface area contributed by atoms with Crippen molar-refractivity contribution in [3.8, 4) is 5.75 Å². The van der Waals surface area contributed by atoms with Crippen LogP contribution in [-0.4, -0.2) is 20.5 Å². The molecule has 1 aromatic carbocycles. The van der Waals surface area contributed by atoms with Gasteiger partial charge < -0.3 is 15.4 Å². The standard InChI is InChI=1S/C10H13F3N2O/c1-15(2)8-5-3-4-7(6-14)9(8)16-10(11,12)13/h3-5H,6,14H2,1-2H3. The predicted molar refractivity (Wildman–Crippen MR) is 55.3 cm³/mol. The van der Waals surface area contributed by atoms with Gasteiger partial charge in [0.1, 0.15) is 0 Å². The van der Waals surface area contributed by atoms with Crippen LogP contribution in [-0.2, 0) is 6.54 Å². The Kier molecular flexibility index (Phi) is 3.64. The molecule has 0 aliphatic rings. The Hall–Kier alpha value is -1.43. The summed E-state index contributed by atoms with van der Waals surface area (Å²) >= 11 is 0. The van der Waals surface area contributed by atoms with E-state index in [0.717, 1.165) is 0 Å². The van der Waals surface area contributed by atoms with Gasteiger partial charge >= 0.3 is 6.36 Å². The van der Waals surface area contributed by atoms with E-state index in [-0.39, 0.29) is 12.3 Å². The number of rotatable bonds is 3. The second-order valence-corrected chi connectivity index (χ2v) is 3.41. The number of nitrogens with zero attached hydrogens (tertiary/aromatic N) is 1. The van der Waals surface area contributed by atoms with Gasteiger partial charge in [0.05, 0.1) is 5.69 Å². The summed E-state index contributed by atoms with van der Waals surface area (Å²) < 4.78 is 40.7. The molecule has 0 spiro atoms. The summed E-state index contributed by atoms with van der Waals surface area (Å²) in [6.45, 7) is -0.00685. The molecule has 0 bridgehead atoms. The fourth-order valence-electron chi connectivity index (χ4n) is 1.32. The van der Waals surface area contributed by atoms with Gasteiger partial charge in [0.2, 0.25) is 0 Å². The van der Waals surface area contributed by atoms with Crippen molar-refractivity contribution in [1.82, 2.24) is 0 Å². The highest BCUT2D eigenvalue weighted by molar-refractivity contribution is 5.61. The van der Waals surface area contributed by atoms with E-state index in [1.807, 2.05) is 0 Å². The van der Waals surface area contributed by atoms with Crippen molar-refractivity contribution in [2.24, 2.45) is 5.73 Å². The van der Waals surface area contributed by atoms with Crippen LogP contribution in [0.4, 0.5) is 18.9 Å². The molecule has 90 valence electrons. The van der Waals surface area contributed by atoms with E-state index >= 15 is 0 Å². The van der Waals surface area contributed by atoms with Crippen LogP contribution in [0.15, 0.2) is 18.2 Å². The molecule has 1 aromatic rings. The molecule has 0 aliphatic heterocycles. The Balaban J connectivity index is 3.20. The fourth-order valence-corrected chi connectivity index (χ4v) is 1.32. The summed E-state index contributed by atoms with van der Waals surface area (Å²) in [5.74, 6) is -0.234. The maximum Gasteiger partial charge on any atom is 0.573 e. The Labute approximate surface area is 91.6 Å². The van der Waals surface area contributed by atoms with Crippen molar-refractivity contribution in [1.29, 1.82) is 0 Å². The highest BCUT2D eigenvalue weighted by Crippen LogP contribution is 2.35. The van der Waals surface area contributed by atoms with E-state index in [9.17, 15) is 13.2 Å². The molecule has 1 rings (SSSR count). The lowest BCUT2D eigenvalue weighted by Gasteiger charge is -2.20. The van der Waals surface area contributed by atoms with E-state index in [1.165, 1.54) is 6.07 Å². The topological polar surface area (TPSA) is 38.5 Å². The molecule has 0 saturated heterocycles. The van der Waals surface area contributed by atoms with Crippen molar-refractivity contribution >= 4 is 5.69 Å². The van der Waals surface area contributed by atoms with Crippen LogP contribution < -0.4 is 15.4 Å². The summed E-state index contributed by atoms with van der Waals surface area (Å²) in [6, 6.07) is 4.69. The highest BCUT2D eigenvalue weighted by atomic mass is 19.4. The minimum Gasteiger partial charge on any atom is -0.403 e. The Bertz CT molecular complexity index is 364. The van der Waals surface area contributed by atoms with Crippen molar-refractivity contribution in [3.05, 3.63) is 23.8 Å². The van der Waals surface area contributed by atoms with Crippen molar-refractivity contribution in [2.75, 3.05) is 19.0 Å². The van der Waals surface area contributed by atoms with Gasteiger partial charge in [-0.25, -0.2) is 0 Å². The number of benzene rings is 1. The molecule has 0 heterocycles. The van der Waals surface area contributed by atoms with Gasteiger partial charge in [0, 0.05) is 26.2 Å². The van der Waals surface area contributed by atoms with Crippen LogP contribution in [0, 0.1) is 0 Å². The smallest absolute Gasteiger partial charge is 0.403 e. The molecule has 0 atom stereocenters. The molecule has 16 heavy (non-hydrogen) atoms. The Morgan fingerprint density at radius 2 is 1.94 bits per heavy atom. The van der Waals surface area contributed by atoms with Gasteiger partial charge in [0.25, 0.3) is 0 Å². The van der Waals surface area contributed by atoms with E-state index in [0.29, 0.717) is 11.3 Å². The van der Waals surface area contributed by atoms with Gasteiger partial charge in [-0.3, -0.25) is 0 Å². The van der Waals surface area contributed by atoms with Gasteiger partial charge in [-0.1, -0.05) is 12.1 Å². The molecule has 0 aromatic heterocycles. The second kappa shape index (κ2) is 4.61. The van der Waals surface area contributed by atoms with Gasteiger partial charge in [-0.15, -0.1) is 13.2 Å². The molecule has 0 radical (unpaired) electrons. The third-order valence-electron chi connectivity index (χ3n) is 2.00. The second-order valence-electron chi connectivity index (χ2n) is 3.41. The molecule has 0 unspecified atom stereocenters. The van der Waals surface area contributed by atoms with Crippen LogP contribution in [0.25, 0.3) is 0 Å². The van der Waals surface area contributed by atoms with Crippen LogP contribution in [0.1, 0.15) is 5.56 Å². The van der Waals surface area contributed by atoms with Crippen molar-refractivity contribution in [3.63, 3.8) is 0 Å². The Morgan fingerprint density at radius 3 is 2.38 bits per heavy atom. The number of para-hydroxylation sites is 1. The number of ether oxygens (including phenoxy) is 1. The van der Waals surface area contributed by atoms with Gasteiger partial charge in [-0.2, -0.15) is 0 Å². The SMILES string of the molecule is CN(C)c1cccc(CN)c1OC(F)(F)F. The van der Waals surface area contributed by atoms with Gasteiger partial charge in [0.15, 0.2) is 5.75 Å². The van der Waals surface area contributed by atoms with Crippen LogP contribution in [0.2, 0.25) is 0 Å². The normalized spacial score (nSPS) is 11.4. The molecule has 0 saturated carbocycles. The first-order valence-electron chi connectivity index (χ1n) is 4.60. The summed E-state index contributed by atoms with van der Waals surface area (Å²) in [5.41, 5.74) is 6.04. The summed E-state index contributed by atoms with van der Waals surface area (Å²) in [6.07, 6.45) is -4.71. The first kappa shape index (κ1) is 12.6. The predicted octanol–water partition coefficient (Wildman–Crippen LogP) is 2.11. The first-order chi connectivity index (χ1) is 7.35. The third kappa shape index (κ3) is 3.03. The lowest BCUT2D eigenvalue weighted by atomic mass is 10.1. The van der Waals surface area contributed by atoms with E-state index in [4.69, 9.17) is 5.73 Å². The molecule has 6 heteroatoms. The molecule has 2 N–H and O–H groups in total. The summed E-state index contributed by atoms with van der Waals surface area (Å²) in [5, 5.41) is 0. The van der Waals surface area contributed by atoms with Crippen LogP contribution >= 0.6 is 0 Å². The molecule has 0 aliphatic carbocycles. The number of anilines is 1. The minimum atomic E-state index is -4.71. The van der Waals surface area contributed by atoms with Crippen LogP contribution in [0.3, 0.4) is 0 Å². The van der Waals surface area contributed by atoms with E-state index in [1.54, 1.807) is 31.1 Å². The lowest BCUT2D eigenvalue weighted by molar-refractivity contribution is -0.274. The average molecular weight is 234 g/mol. The highest BCUT2D eigenvalue weighted by Gasteiger charge is 2.33. The molecular formula is C10H13F3N2O.